The topological polar surface area (TPSA) is 0 Å². The highest BCUT2D eigenvalue weighted by atomic mass is 14.1. The van der Waals surface area contributed by atoms with Crippen LogP contribution in [0.2, 0.25) is 0 Å². The summed E-state index contributed by atoms with van der Waals surface area (Å²) in [5, 5.41) is 13.6. The molecule has 0 fully saturated rings. The van der Waals surface area contributed by atoms with Crippen molar-refractivity contribution in [3.05, 3.63) is 120 Å². The summed E-state index contributed by atoms with van der Waals surface area (Å²) in [7, 11) is 0. The van der Waals surface area contributed by atoms with E-state index >= 15 is 0 Å². The first-order chi connectivity index (χ1) is 15.7. The zero-order chi connectivity index (χ0) is 21.7. The lowest BCUT2D eigenvalue weighted by atomic mass is 9.92. The molecule has 0 radical (unpaired) electrons. The van der Waals surface area contributed by atoms with Crippen molar-refractivity contribution in [1.82, 2.24) is 0 Å². The summed E-state index contributed by atoms with van der Waals surface area (Å²) in [6.07, 6.45) is 0. The van der Waals surface area contributed by atoms with Crippen LogP contribution in [0.5, 0.6) is 0 Å². The quantitative estimate of drug-likeness (QED) is 0.219. The predicted octanol–water partition coefficient (Wildman–Crippen LogP) is 9.19. The molecule has 0 heterocycles. The van der Waals surface area contributed by atoms with E-state index < -0.39 is 0 Å². The maximum Gasteiger partial charge on any atom is -0.00241 e. The third-order valence-electron chi connectivity index (χ3n) is 6.72. The van der Waals surface area contributed by atoms with Gasteiger partial charge in [0.15, 0.2) is 0 Å². The fourth-order valence-corrected chi connectivity index (χ4v) is 5.14. The van der Waals surface area contributed by atoms with Gasteiger partial charge in [0, 0.05) is 0 Å². The van der Waals surface area contributed by atoms with E-state index in [0.29, 0.717) is 0 Å². The van der Waals surface area contributed by atoms with Crippen molar-refractivity contribution in [3.63, 3.8) is 0 Å². The molecule has 0 bridgehead atoms. The van der Waals surface area contributed by atoms with Crippen LogP contribution in [-0.2, 0) is 0 Å². The Labute approximate surface area is 188 Å². The van der Waals surface area contributed by atoms with Crippen molar-refractivity contribution in [2.75, 3.05) is 0 Å². The Morgan fingerprint density at radius 2 is 0.938 bits per heavy atom. The summed E-state index contributed by atoms with van der Waals surface area (Å²) in [6.45, 7) is 4.36. The van der Waals surface area contributed by atoms with Crippen molar-refractivity contribution < 1.29 is 0 Å². The summed E-state index contributed by atoms with van der Waals surface area (Å²) < 4.78 is 0. The van der Waals surface area contributed by atoms with Gasteiger partial charge in [-0.05, 0) is 78.8 Å². The number of rotatable bonds is 0. The Morgan fingerprint density at radius 3 is 1.81 bits per heavy atom. The third-order valence-corrected chi connectivity index (χ3v) is 6.72. The fourth-order valence-electron chi connectivity index (χ4n) is 5.14. The molecule has 152 valence electrons. The molecule has 0 amide bonds. The van der Waals surface area contributed by atoms with E-state index in [4.69, 9.17) is 0 Å². The van der Waals surface area contributed by atoms with Crippen LogP contribution < -0.4 is 0 Å². The minimum atomic E-state index is 1.32. The van der Waals surface area contributed by atoms with E-state index in [1.54, 1.807) is 0 Å². The molecule has 7 aromatic rings. The molecule has 0 heteroatoms. The monoisotopic (exact) mass is 408 g/mol. The molecule has 7 aromatic carbocycles. The lowest BCUT2D eigenvalue weighted by Crippen LogP contribution is -1.85. The summed E-state index contributed by atoms with van der Waals surface area (Å²) in [5.41, 5.74) is 2.71. The molecule has 0 saturated heterocycles. The average molecular weight is 409 g/mol. The minimum Gasteiger partial charge on any atom is -0.0616 e. The Kier molecular flexibility index (Phi) is 4.33. The van der Waals surface area contributed by atoms with E-state index in [2.05, 4.69) is 123 Å². The van der Waals surface area contributed by atoms with Gasteiger partial charge in [-0.25, -0.2) is 0 Å². The zero-order valence-corrected chi connectivity index (χ0v) is 18.4. The highest BCUT2D eigenvalue weighted by Gasteiger charge is 2.08. The van der Waals surface area contributed by atoms with Crippen LogP contribution in [0, 0.1) is 13.8 Å². The molecule has 0 nitrogen and oxygen atoms in total. The van der Waals surface area contributed by atoms with Gasteiger partial charge in [0.25, 0.3) is 0 Å². The van der Waals surface area contributed by atoms with Gasteiger partial charge in [-0.3, -0.25) is 0 Å². The molecule has 0 aliphatic rings. The summed E-state index contributed by atoms with van der Waals surface area (Å²) >= 11 is 0. The molecule has 32 heavy (non-hydrogen) atoms. The number of hydrogen-bond donors (Lipinski definition) is 0. The Hall–Kier alpha value is -3.90. The number of hydrogen-bond acceptors (Lipinski definition) is 0. The summed E-state index contributed by atoms with van der Waals surface area (Å²) in [6, 6.07) is 39.3. The highest BCUT2D eigenvalue weighted by molar-refractivity contribution is 6.23. The van der Waals surface area contributed by atoms with Crippen LogP contribution in [0.25, 0.3) is 53.9 Å². The van der Waals surface area contributed by atoms with Gasteiger partial charge in [-0.2, -0.15) is 0 Å². The lowest BCUT2D eigenvalue weighted by molar-refractivity contribution is 1.54. The number of benzene rings is 7. The van der Waals surface area contributed by atoms with Gasteiger partial charge in [0.2, 0.25) is 0 Å². The normalized spacial score (nSPS) is 11.4. The lowest BCUT2D eigenvalue weighted by Gasteiger charge is -2.12. The van der Waals surface area contributed by atoms with Crippen molar-refractivity contribution in [1.29, 1.82) is 0 Å². The second-order valence-corrected chi connectivity index (χ2v) is 8.70. The van der Waals surface area contributed by atoms with E-state index in [1.807, 2.05) is 0 Å². The summed E-state index contributed by atoms with van der Waals surface area (Å²) in [5.74, 6) is 0. The maximum absolute atomic E-state index is 2.30. The second-order valence-electron chi connectivity index (χ2n) is 8.70. The highest BCUT2D eigenvalue weighted by Crippen LogP contribution is 2.35. The summed E-state index contributed by atoms with van der Waals surface area (Å²) in [4.78, 5) is 0. The van der Waals surface area contributed by atoms with E-state index in [-0.39, 0.29) is 0 Å². The van der Waals surface area contributed by atoms with Crippen molar-refractivity contribution in [2.45, 2.75) is 13.8 Å². The van der Waals surface area contributed by atoms with Crippen molar-refractivity contribution in [3.8, 4) is 0 Å². The van der Waals surface area contributed by atoms with Crippen LogP contribution in [0.3, 0.4) is 0 Å². The van der Waals surface area contributed by atoms with Crippen LogP contribution in [0.4, 0.5) is 0 Å². The zero-order valence-electron chi connectivity index (χ0n) is 18.4. The first kappa shape index (κ1) is 18.8. The van der Waals surface area contributed by atoms with Crippen molar-refractivity contribution >= 4 is 53.9 Å². The predicted molar refractivity (Wildman–Crippen MR) is 141 cm³/mol. The third kappa shape index (κ3) is 2.92. The number of aryl methyl sites for hydroxylation is 2. The molecule has 0 N–H and O–H groups in total. The molecule has 7 rings (SSSR count). The van der Waals surface area contributed by atoms with Crippen LogP contribution >= 0.6 is 0 Å². The molecular formula is C32H24. The Bertz CT molecular complexity index is 1740. The van der Waals surface area contributed by atoms with Gasteiger partial charge in [-0.1, -0.05) is 109 Å². The first-order valence-electron chi connectivity index (χ1n) is 11.2. The molecule has 0 unspecified atom stereocenters. The van der Waals surface area contributed by atoms with Crippen LogP contribution in [-0.4, -0.2) is 0 Å². The van der Waals surface area contributed by atoms with Crippen LogP contribution in [0.15, 0.2) is 109 Å². The molecule has 0 atom stereocenters. The van der Waals surface area contributed by atoms with E-state index in [0.717, 1.165) is 0 Å². The van der Waals surface area contributed by atoms with Gasteiger partial charge in [-0.15, -0.1) is 0 Å². The molecule has 0 spiro atoms. The Morgan fingerprint density at radius 1 is 0.344 bits per heavy atom. The van der Waals surface area contributed by atoms with Gasteiger partial charge < -0.3 is 0 Å². The largest absolute Gasteiger partial charge is 0.0616 e. The van der Waals surface area contributed by atoms with Gasteiger partial charge >= 0.3 is 0 Å². The smallest absolute Gasteiger partial charge is 0.00241 e. The molecule has 0 aliphatic carbocycles. The second kappa shape index (κ2) is 7.35. The maximum atomic E-state index is 2.30. The Balaban J connectivity index is 0.000000123. The van der Waals surface area contributed by atoms with Gasteiger partial charge in [0.1, 0.15) is 0 Å². The van der Waals surface area contributed by atoms with E-state index in [1.165, 1.54) is 65.0 Å². The minimum absolute atomic E-state index is 1.32. The van der Waals surface area contributed by atoms with E-state index in [9.17, 15) is 0 Å². The number of fused-ring (bicyclic) bond motifs is 3. The fraction of sp³-hybridized carbons (Fsp3) is 0.0625. The molecular weight excluding hydrogens is 384 g/mol. The molecule has 0 aromatic heterocycles. The van der Waals surface area contributed by atoms with Gasteiger partial charge in [0.05, 0.1) is 0 Å². The van der Waals surface area contributed by atoms with Crippen molar-refractivity contribution in [2.24, 2.45) is 0 Å². The average Bonchev–Trinajstić information content (AvgIpc) is 2.84. The standard InChI is InChI=1S/C17H12.C15H12/c1-11-10-14-6-2-4-12-8-9-13-5-3-7-15(11)17(13)16(12)14;1-11-5-4-8-15-13(11)10-9-12-6-2-3-7-14(12)15/h2-10H,1H3;2-10H,1H3. The van der Waals surface area contributed by atoms with Crippen LogP contribution in [0.1, 0.15) is 11.1 Å². The first-order valence-corrected chi connectivity index (χ1v) is 11.2. The SMILES string of the molecule is Cc1cc2cccc3ccc4cccc1c4c32.Cc1cccc2c1ccc1ccccc12. The molecule has 0 saturated carbocycles. The molecule has 0 aliphatic heterocycles.